The van der Waals surface area contributed by atoms with Gasteiger partial charge in [-0.2, -0.15) is 0 Å². The van der Waals surface area contributed by atoms with E-state index in [-0.39, 0.29) is 36.5 Å². The van der Waals surface area contributed by atoms with E-state index in [1.165, 1.54) is 0 Å². The van der Waals surface area contributed by atoms with E-state index in [1.54, 1.807) is 4.90 Å². The number of piperidine rings is 1. The van der Waals surface area contributed by atoms with E-state index < -0.39 is 0 Å². The van der Waals surface area contributed by atoms with Gasteiger partial charge in [-0.05, 0) is 35.6 Å². The molecule has 33 heavy (non-hydrogen) atoms. The van der Waals surface area contributed by atoms with Crippen molar-refractivity contribution in [2.45, 2.75) is 31.5 Å². The molecule has 2 aliphatic rings. The normalized spacial score (nSPS) is 21.9. The number of benzene rings is 3. The Morgan fingerprint density at radius 1 is 0.818 bits per heavy atom. The zero-order valence-electron chi connectivity index (χ0n) is 18.4. The van der Waals surface area contributed by atoms with Crippen molar-refractivity contribution in [2.75, 3.05) is 13.2 Å². The third-order valence-electron chi connectivity index (χ3n) is 6.56. The van der Waals surface area contributed by atoms with Crippen LogP contribution in [-0.2, 0) is 16.1 Å². The molecule has 5 heteroatoms. The molecule has 3 aromatic carbocycles. The first-order valence-corrected chi connectivity index (χ1v) is 11.5. The number of carbonyl (C=O) groups excluding carboxylic acids is 2. The average molecular weight is 442 g/mol. The van der Waals surface area contributed by atoms with Crippen molar-refractivity contribution in [1.82, 2.24) is 4.90 Å². The Morgan fingerprint density at radius 3 is 2.15 bits per heavy atom. The summed E-state index contributed by atoms with van der Waals surface area (Å²) in [6.45, 7) is 1.11. The second kappa shape index (κ2) is 9.59. The summed E-state index contributed by atoms with van der Waals surface area (Å²) in [6.07, 6.45) is 0.852. The first-order valence-electron chi connectivity index (χ1n) is 11.5. The minimum atomic E-state index is -0.325. The van der Waals surface area contributed by atoms with Crippen molar-refractivity contribution in [2.24, 2.45) is 5.92 Å². The highest BCUT2D eigenvalue weighted by atomic mass is 16.6. The summed E-state index contributed by atoms with van der Waals surface area (Å²) in [7, 11) is 0. The lowest BCUT2D eigenvalue weighted by Crippen LogP contribution is -2.59. The fourth-order valence-electron chi connectivity index (χ4n) is 4.94. The SMILES string of the molecule is O=C(c1cccc(-c2ccccc2)c1)C1CC2COCC(C1)N2C(=O)OCc1ccccc1. The van der Waals surface area contributed by atoms with Crippen molar-refractivity contribution in [3.05, 3.63) is 96.1 Å². The van der Waals surface area contributed by atoms with Gasteiger partial charge in [0, 0.05) is 11.5 Å². The van der Waals surface area contributed by atoms with Crippen LogP contribution in [0, 0.1) is 5.92 Å². The average Bonchev–Trinajstić information content (AvgIpc) is 2.87. The van der Waals surface area contributed by atoms with Crippen LogP contribution in [0.25, 0.3) is 11.1 Å². The fourth-order valence-corrected chi connectivity index (χ4v) is 4.94. The molecule has 3 aromatic rings. The molecular weight excluding hydrogens is 414 g/mol. The lowest BCUT2D eigenvalue weighted by atomic mass is 9.80. The van der Waals surface area contributed by atoms with E-state index in [1.807, 2.05) is 84.9 Å². The molecule has 2 heterocycles. The van der Waals surface area contributed by atoms with Crippen LogP contribution in [0.15, 0.2) is 84.9 Å². The number of amides is 1. The summed E-state index contributed by atoms with van der Waals surface area (Å²) in [5.41, 5.74) is 3.80. The molecule has 0 aliphatic carbocycles. The monoisotopic (exact) mass is 441 g/mol. The Bertz CT molecular complexity index is 1100. The maximum Gasteiger partial charge on any atom is 0.410 e. The van der Waals surface area contributed by atoms with Crippen molar-refractivity contribution in [1.29, 1.82) is 0 Å². The van der Waals surface area contributed by atoms with Gasteiger partial charge in [-0.25, -0.2) is 4.79 Å². The highest BCUT2D eigenvalue weighted by Crippen LogP contribution is 2.34. The van der Waals surface area contributed by atoms with E-state index in [4.69, 9.17) is 9.47 Å². The molecule has 2 aliphatic heterocycles. The molecule has 2 atom stereocenters. The quantitative estimate of drug-likeness (QED) is 0.501. The van der Waals surface area contributed by atoms with Gasteiger partial charge in [0.1, 0.15) is 6.61 Å². The van der Waals surface area contributed by atoms with Gasteiger partial charge in [-0.15, -0.1) is 0 Å². The highest BCUT2D eigenvalue weighted by molar-refractivity contribution is 5.99. The molecule has 0 aromatic heterocycles. The smallest absolute Gasteiger partial charge is 0.410 e. The standard InChI is InChI=1S/C28H27NO4/c30-27(23-13-7-12-22(14-23)21-10-5-2-6-11-21)24-15-25-18-32-19-26(16-24)29(25)28(31)33-17-20-8-3-1-4-9-20/h1-14,24-26H,15-19H2. The number of fused-ring (bicyclic) bond motifs is 2. The maximum atomic E-state index is 13.4. The summed E-state index contributed by atoms with van der Waals surface area (Å²) in [5, 5.41) is 0. The highest BCUT2D eigenvalue weighted by Gasteiger charge is 2.44. The molecule has 2 saturated heterocycles. The number of hydrogen-bond acceptors (Lipinski definition) is 4. The molecular formula is C28H27NO4. The molecule has 2 bridgehead atoms. The molecule has 0 spiro atoms. The zero-order valence-corrected chi connectivity index (χ0v) is 18.4. The van der Waals surface area contributed by atoms with E-state index in [2.05, 4.69) is 0 Å². The molecule has 168 valence electrons. The van der Waals surface area contributed by atoms with Gasteiger partial charge in [0.05, 0.1) is 25.3 Å². The molecule has 0 saturated carbocycles. The van der Waals surface area contributed by atoms with E-state index in [9.17, 15) is 9.59 Å². The van der Waals surface area contributed by atoms with E-state index in [0.29, 0.717) is 26.1 Å². The Balaban J connectivity index is 1.28. The predicted octanol–water partition coefficient (Wildman–Crippen LogP) is 5.35. The Labute approximate surface area is 193 Å². The lowest BCUT2D eigenvalue weighted by molar-refractivity contribution is -0.0755. The first-order chi connectivity index (χ1) is 16.2. The van der Waals surface area contributed by atoms with Gasteiger partial charge < -0.3 is 9.47 Å². The predicted molar refractivity (Wildman–Crippen MR) is 126 cm³/mol. The van der Waals surface area contributed by atoms with Crippen LogP contribution in [0.1, 0.15) is 28.8 Å². The van der Waals surface area contributed by atoms with Crippen molar-refractivity contribution in [3.8, 4) is 11.1 Å². The second-order valence-corrected chi connectivity index (χ2v) is 8.77. The first kappa shape index (κ1) is 21.4. The maximum absolute atomic E-state index is 13.4. The van der Waals surface area contributed by atoms with Crippen LogP contribution in [0.4, 0.5) is 4.79 Å². The van der Waals surface area contributed by atoms with Crippen LogP contribution in [0.5, 0.6) is 0 Å². The number of ether oxygens (including phenoxy) is 2. The molecule has 1 amide bonds. The van der Waals surface area contributed by atoms with Gasteiger partial charge in [0.25, 0.3) is 0 Å². The number of nitrogens with zero attached hydrogens (tertiary/aromatic N) is 1. The molecule has 2 fully saturated rings. The molecule has 5 rings (SSSR count). The van der Waals surface area contributed by atoms with Crippen molar-refractivity contribution >= 4 is 11.9 Å². The third-order valence-corrected chi connectivity index (χ3v) is 6.56. The topological polar surface area (TPSA) is 55.8 Å². The molecule has 2 unspecified atom stereocenters. The van der Waals surface area contributed by atoms with Gasteiger partial charge in [-0.1, -0.05) is 78.9 Å². The summed E-state index contributed by atoms with van der Waals surface area (Å²) in [6, 6.07) is 27.3. The largest absolute Gasteiger partial charge is 0.445 e. The zero-order chi connectivity index (χ0) is 22.6. The third kappa shape index (κ3) is 4.69. The summed E-state index contributed by atoms with van der Waals surface area (Å²) >= 11 is 0. The minimum absolute atomic E-state index is 0.131. The Morgan fingerprint density at radius 2 is 1.45 bits per heavy atom. The molecule has 0 N–H and O–H groups in total. The summed E-state index contributed by atoms with van der Waals surface area (Å²) in [4.78, 5) is 28.1. The molecule has 5 nitrogen and oxygen atoms in total. The number of Topliss-reactive ketones (excluding diaryl/α,β-unsaturated/α-hetero) is 1. The van der Waals surface area contributed by atoms with Crippen LogP contribution >= 0.6 is 0 Å². The lowest BCUT2D eigenvalue weighted by Gasteiger charge is -2.47. The number of hydrogen-bond donors (Lipinski definition) is 0. The summed E-state index contributed by atoms with van der Waals surface area (Å²) in [5.74, 6) is 0.00933. The van der Waals surface area contributed by atoms with Crippen molar-refractivity contribution in [3.63, 3.8) is 0 Å². The Kier molecular flexibility index (Phi) is 6.22. The van der Waals surface area contributed by atoms with E-state index >= 15 is 0 Å². The molecule has 0 radical (unpaired) electrons. The van der Waals surface area contributed by atoms with E-state index in [0.717, 1.165) is 22.3 Å². The van der Waals surface area contributed by atoms with Gasteiger partial charge in [0.2, 0.25) is 0 Å². The number of rotatable bonds is 5. The van der Waals surface area contributed by atoms with Gasteiger partial charge in [-0.3, -0.25) is 9.69 Å². The number of ketones is 1. The van der Waals surface area contributed by atoms with Gasteiger partial charge >= 0.3 is 6.09 Å². The van der Waals surface area contributed by atoms with Crippen LogP contribution in [0.3, 0.4) is 0 Å². The number of morpholine rings is 1. The van der Waals surface area contributed by atoms with Crippen molar-refractivity contribution < 1.29 is 19.1 Å². The van der Waals surface area contributed by atoms with Crippen LogP contribution in [-0.4, -0.2) is 42.1 Å². The van der Waals surface area contributed by atoms with Crippen LogP contribution < -0.4 is 0 Å². The minimum Gasteiger partial charge on any atom is -0.445 e. The summed E-state index contributed by atoms with van der Waals surface area (Å²) < 4.78 is 11.3. The van der Waals surface area contributed by atoms with Gasteiger partial charge in [0.15, 0.2) is 5.78 Å². The van der Waals surface area contributed by atoms with Crippen LogP contribution in [0.2, 0.25) is 0 Å². The Hall–Kier alpha value is -3.44. The second-order valence-electron chi connectivity index (χ2n) is 8.77. The fraction of sp³-hybridized carbons (Fsp3) is 0.286. The number of carbonyl (C=O) groups is 2.